The first-order valence-electron chi connectivity index (χ1n) is 6.10. The van der Waals surface area contributed by atoms with Crippen LogP contribution in [0.3, 0.4) is 0 Å². The lowest BCUT2D eigenvalue weighted by Gasteiger charge is -2.01. The fourth-order valence-electron chi connectivity index (χ4n) is 1.88. The van der Waals surface area contributed by atoms with Gasteiger partial charge in [-0.05, 0) is 24.6 Å². The van der Waals surface area contributed by atoms with E-state index in [1.165, 1.54) is 16.7 Å². The predicted octanol–water partition coefficient (Wildman–Crippen LogP) is 2.68. The van der Waals surface area contributed by atoms with Crippen LogP contribution in [0, 0.1) is 0 Å². The molecule has 17 heavy (non-hydrogen) atoms. The van der Waals surface area contributed by atoms with Crippen LogP contribution in [0.25, 0.3) is 11.1 Å². The van der Waals surface area contributed by atoms with Crippen molar-refractivity contribution < 1.29 is 0 Å². The molecule has 2 rings (SSSR count). The Hall–Kier alpha value is -1.61. The van der Waals surface area contributed by atoms with E-state index in [4.69, 9.17) is 0 Å². The van der Waals surface area contributed by atoms with Crippen molar-refractivity contribution in [3.63, 3.8) is 0 Å². The summed E-state index contributed by atoms with van der Waals surface area (Å²) in [5.41, 5.74) is 3.72. The van der Waals surface area contributed by atoms with Crippen LogP contribution in [-0.4, -0.2) is 16.8 Å². The fraction of sp³-hybridized carbons (Fsp3) is 0.357. The Morgan fingerprint density at radius 1 is 1.18 bits per heavy atom. The smallest absolute Gasteiger partial charge is 0.0568 e. The van der Waals surface area contributed by atoms with Gasteiger partial charge in [0.15, 0.2) is 0 Å². The van der Waals surface area contributed by atoms with Gasteiger partial charge in [0.25, 0.3) is 0 Å². The van der Waals surface area contributed by atoms with Gasteiger partial charge in [-0.2, -0.15) is 5.10 Å². The monoisotopic (exact) mass is 229 g/mol. The molecule has 1 N–H and O–H groups in total. The molecule has 0 spiro atoms. The molecule has 0 saturated heterocycles. The Morgan fingerprint density at radius 2 is 1.94 bits per heavy atom. The summed E-state index contributed by atoms with van der Waals surface area (Å²) >= 11 is 0. The Kier molecular flexibility index (Phi) is 3.94. The van der Waals surface area contributed by atoms with Crippen molar-refractivity contribution in [3.05, 3.63) is 42.2 Å². The van der Waals surface area contributed by atoms with Gasteiger partial charge in [-0.25, -0.2) is 0 Å². The molecule has 3 heteroatoms. The van der Waals surface area contributed by atoms with Crippen LogP contribution in [0.4, 0.5) is 0 Å². The van der Waals surface area contributed by atoms with Crippen molar-refractivity contribution in [2.24, 2.45) is 0 Å². The van der Waals surface area contributed by atoms with E-state index in [0.29, 0.717) is 0 Å². The second kappa shape index (κ2) is 5.64. The third-order valence-corrected chi connectivity index (χ3v) is 2.75. The van der Waals surface area contributed by atoms with Gasteiger partial charge >= 0.3 is 0 Å². The summed E-state index contributed by atoms with van der Waals surface area (Å²) < 4.78 is 2.00. The van der Waals surface area contributed by atoms with E-state index in [1.54, 1.807) is 0 Å². The molecule has 0 radical (unpaired) electrons. The van der Waals surface area contributed by atoms with Crippen molar-refractivity contribution in [2.75, 3.05) is 7.05 Å². The van der Waals surface area contributed by atoms with Gasteiger partial charge in [0.05, 0.1) is 6.20 Å². The minimum atomic E-state index is 0.912. The highest BCUT2D eigenvalue weighted by Crippen LogP contribution is 2.19. The van der Waals surface area contributed by atoms with Crippen LogP contribution < -0.4 is 5.32 Å². The molecule has 0 unspecified atom stereocenters. The van der Waals surface area contributed by atoms with Gasteiger partial charge in [-0.3, -0.25) is 4.68 Å². The number of nitrogens with one attached hydrogen (secondary N) is 1. The average molecular weight is 229 g/mol. The summed E-state index contributed by atoms with van der Waals surface area (Å²) in [4.78, 5) is 0. The zero-order valence-electron chi connectivity index (χ0n) is 10.5. The molecular weight excluding hydrogens is 210 g/mol. The fourth-order valence-corrected chi connectivity index (χ4v) is 1.88. The van der Waals surface area contributed by atoms with Crippen molar-refractivity contribution in [3.8, 4) is 11.1 Å². The average Bonchev–Trinajstić information content (AvgIpc) is 2.80. The first kappa shape index (κ1) is 11.9. The molecule has 90 valence electrons. The highest BCUT2D eigenvalue weighted by molar-refractivity contribution is 5.61. The van der Waals surface area contributed by atoms with E-state index in [1.807, 2.05) is 17.9 Å². The first-order valence-corrected chi connectivity index (χ1v) is 6.10. The molecule has 1 aromatic heterocycles. The minimum absolute atomic E-state index is 0.912. The quantitative estimate of drug-likeness (QED) is 0.854. The Morgan fingerprint density at radius 3 is 2.59 bits per heavy atom. The molecule has 3 nitrogen and oxygen atoms in total. The number of nitrogens with zero attached hydrogens (tertiary/aromatic N) is 2. The van der Waals surface area contributed by atoms with Crippen molar-refractivity contribution >= 4 is 0 Å². The van der Waals surface area contributed by atoms with E-state index in [-0.39, 0.29) is 0 Å². The number of aryl methyl sites for hydroxylation is 1. The zero-order valence-corrected chi connectivity index (χ0v) is 10.5. The van der Waals surface area contributed by atoms with Crippen LogP contribution >= 0.6 is 0 Å². The molecule has 0 fully saturated rings. The van der Waals surface area contributed by atoms with Gasteiger partial charge in [0, 0.05) is 24.8 Å². The van der Waals surface area contributed by atoms with E-state index >= 15 is 0 Å². The van der Waals surface area contributed by atoms with Gasteiger partial charge in [-0.1, -0.05) is 31.2 Å². The molecule has 0 aliphatic heterocycles. The molecule has 0 atom stereocenters. The molecule has 0 aliphatic rings. The lowest BCUT2D eigenvalue weighted by molar-refractivity contribution is 0.603. The third kappa shape index (κ3) is 2.94. The molecule has 0 bridgehead atoms. The maximum Gasteiger partial charge on any atom is 0.0568 e. The van der Waals surface area contributed by atoms with Crippen LogP contribution in [0.1, 0.15) is 18.9 Å². The van der Waals surface area contributed by atoms with Gasteiger partial charge in [0.2, 0.25) is 0 Å². The Bertz CT molecular complexity index is 457. The van der Waals surface area contributed by atoms with Crippen molar-refractivity contribution in [1.82, 2.24) is 15.1 Å². The summed E-state index contributed by atoms with van der Waals surface area (Å²) in [5.74, 6) is 0. The van der Waals surface area contributed by atoms with Crippen LogP contribution in [-0.2, 0) is 13.1 Å². The number of hydrogen-bond donors (Lipinski definition) is 1. The number of aromatic nitrogens is 2. The Balaban J connectivity index is 2.15. The van der Waals surface area contributed by atoms with E-state index in [2.05, 4.69) is 47.8 Å². The standard InChI is InChI=1S/C14H19N3/c1-3-8-17-11-14(10-16-17)13-6-4-12(5-7-13)9-15-2/h4-7,10-11,15H,3,8-9H2,1-2H3. The molecule has 1 aromatic carbocycles. The van der Waals surface area contributed by atoms with Gasteiger partial charge < -0.3 is 5.32 Å². The molecule has 0 saturated carbocycles. The Labute approximate surface area is 102 Å². The second-order valence-electron chi connectivity index (χ2n) is 4.22. The van der Waals surface area contributed by atoms with E-state index in [0.717, 1.165) is 19.5 Å². The normalized spacial score (nSPS) is 10.7. The summed E-state index contributed by atoms with van der Waals surface area (Å²) in [6.45, 7) is 4.06. The largest absolute Gasteiger partial charge is 0.316 e. The summed E-state index contributed by atoms with van der Waals surface area (Å²) in [7, 11) is 1.96. The highest BCUT2D eigenvalue weighted by Gasteiger charge is 2.01. The summed E-state index contributed by atoms with van der Waals surface area (Å²) in [6, 6.07) is 8.62. The minimum Gasteiger partial charge on any atom is -0.316 e. The molecule has 0 aliphatic carbocycles. The maximum absolute atomic E-state index is 4.35. The van der Waals surface area contributed by atoms with E-state index < -0.39 is 0 Å². The lowest BCUT2D eigenvalue weighted by atomic mass is 10.1. The topological polar surface area (TPSA) is 29.9 Å². The number of rotatable bonds is 5. The predicted molar refractivity (Wildman–Crippen MR) is 70.7 cm³/mol. The van der Waals surface area contributed by atoms with Gasteiger partial charge in [0.1, 0.15) is 0 Å². The first-order chi connectivity index (χ1) is 8.33. The van der Waals surface area contributed by atoms with Crippen LogP contribution in [0.5, 0.6) is 0 Å². The van der Waals surface area contributed by atoms with Crippen molar-refractivity contribution in [2.45, 2.75) is 26.4 Å². The third-order valence-electron chi connectivity index (χ3n) is 2.75. The summed E-state index contributed by atoms with van der Waals surface area (Å²) in [5, 5.41) is 7.49. The molecule has 1 heterocycles. The zero-order chi connectivity index (χ0) is 12.1. The second-order valence-corrected chi connectivity index (χ2v) is 4.22. The van der Waals surface area contributed by atoms with Gasteiger partial charge in [-0.15, -0.1) is 0 Å². The summed E-state index contributed by atoms with van der Waals surface area (Å²) in [6.07, 6.45) is 5.15. The van der Waals surface area contributed by atoms with Crippen molar-refractivity contribution in [1.29, 1.82) is 0 Å². The van der Waals surface area contributed by atoms with E-state index in [9.17, 15) is 0 Å². The molecule has 2 aromatic rings. The number of hydrogen-bond acceptors (Lipinski definition) is 2. The van der Waals surface area contributed by atoms with Crippen LogP contribution in [0.2, 0.25) is 0 Å². The molecule has 0 amide bonds. The number of benzene rings is 1. The highest BCUT2D eigenvalue weighted by atomic mass is 15.3. The lowest BCUT2D eigenvalue weighted by Crippen LogP contribution is -2.04. The maximum atomic E-state index is 4.35. The molecular formula is C14H19N3. The SMILES string of the molecule is CCCn1cc(-c2ccc(CNC)cc2)cn1. The van der Waals surface area contributed by atoms with Crippen LogP contribution in [0.15, 0.2) is 36.7 Å².